The van der Waals surface area contributed by atoms with Crippen LogP contribution in [0.15, 0.2) is 71.3 Å². The van der Waals surface area contributed by atoms with Crippen molar-refractivity contribution in [1.29, 1.82) is 0 Å². The van der Waals surface area contributed by atoms with Gasteiger partial charge >= 0.3 is 0 Å². The monoisotopic (exact) mass is 510 g/mol. The van der Waals surface area contributed by atoms with Gasteiger partial charge in [-0.05, 0) is 86.6 Å². The third-order valence-electron chi connectivity index (χ3n) is 5.02. The van der Waals surface area contributed by atoms with Crippen LogP contribution in [0, 0.1) is 5.82 Å². The molecule has 2 aromatic carbocycles. The van der Waals surface area contributed by atoms with E-state index in [1.165, 1.54) is 35.4 Å². The Morgan fingerprint density at radius 2 is 1.81 bits per heavy atom. The predicted molar refractivity (Wildman–Crippen MR) is 131 cm³/mol. The average molecular weight is 511 g/mol. The van der Waals surface area contributed by atoms with E-state index in [1.54, 1.807) is 36.4 Å². The summed E-state index contributed by atoms with van der Waals surface area (Å²) in [5, 5.41) is 15.6. The molecule has 9 nitrogen and oxygen atoms in total. The Bertz CT molecular complexity index is 1330. The maximum Gasteiger partial charge on any atom is 0.251 e. The lowest BCUT2D eigenvalue weighted by Gasteiger charge is -2.32. The maximum atomic E-state index is 13.7. The minimum atomic E-state index is -1.12. The molecule has 0 saturated heterocycles. The molecule has 0 radical (unpaired) electrons. The van der Waals surface area contributed by atoms with Gasteiger partial charge in [-0.3, -0.25) is 14.5 Å². The quantitative estimate of drug-likeness (QED) is 0.394. The molecular formula is C25H24ClFN6O3. The van der Waals surface area contributed by atoms with Crippen molar-refractivity contribution in [3.05, 3.63) is 83.5 Å². The number of furan rings is 1. The molecule has 36 heavy (non-hydrogen) atoms. The Kier molecular flexibility index (Phi) is 7.16. The summed E-state index contributed by atoms with van der Waals surface area (Å²) in [5.74, 6) is -0.810. The number of nitrogens with one attached hydrogen (secondary N) is 1. The lowest BCUT2D eigenvalue weighted by Crippen LogP contribution is -2.50. The van der Waals surface area contributed by atoms with Crippen molar-refractivity contribution in [2.45, 2.75) is 38.9 Å². The molecular weight excluding hydrogens is 487 g/mol. The van der Waals surface area contributed by atoms with Gasteiger partial charge in [0.2, 0.25) is 5.82 Å². The van der Waals surface area contributed by atoms with Crippen LogP contribution in [0.1, 0.15) is 32.6 Å². The number of nitrogens with zero attached hydrogens (tertiary/aromatic N) is 5. The fraction of sp³-hybridized carbons (Fsp3) is 0.240. The summed E-state index contributed by atoms with van der Waals surface area (Å²) >= 11 is 6.07. The molecule has 0 aliphatic heterocycles. The minimum Gasteiger partial charge on any atom is -0.467 e. The number of aromatic nitrogens is 4. The zero-order chi connectivity index (χ0) is 25.9. The van der Waals surface area contributed by atoms with Gasteiger partial charge in [0.05, 0.1) is 6.26 Å². The molecule has 0 bridgehead atoms. The second-order valence-electron chi connectivity index (χ2n) is 9.05. The molecule has 1 atom stereocenters. The molecule has 11 heteroatoms. The van der Waals surface area contributed by atoms with Gasteiger partial charge in [0.25, 0.3) is 11.8 Å². The summed E-state index contributed by atoms with van der Waals surface area (Å²) in [6.07, 6.45) is 1.44. The van der Waals surface area contributed by atoms with Gasteiger partial charge in [-0.25, -0.2) is 4.39 Å². The van der Waals surface area contributed by atoms with Gasteiger partial charge in [-0.1, -0.05) is 11.6 Å². The number of rotatable bonds is 7. The number of anilines is 1. The van der Waals surface area contributed by atoms with Crippen LogP contribution in [-0.4, -0.2) is 37.6 Å². The highest BCUT2D eigenvalue weighted by Crippen LogP contribution is 2.30. The van der Waals surface area contributed by atoms with Crippen molar-refractivity contribution in [3.8, 4) is 11.4 Å². The summed E-state index contributed by atoms with van der Waals surface area (Å²) in [4.78, 5) is 29.6. The van der Waals surface area contributed by atoms with E-state index >= 15 is 0 Å². The second kappa shape index (κ2) is 10.3. The second-order valence-corrected chi connectivity index (χ2v) is 9.48. The van der Waals surface area contributed by atoms with E-state index in [4.69, 9.17) is 16.0 Å². The Morgan fingerprint density at radius 1 is 1.11 bits per heavy atom. The number of carbonyl (C=O) groups excluding carboxylic acids is 2. The normalized spacial score (nSPS) is 12.2. The van der Waals surface area contributed by atoms with E-state index in [1.807, 2.05) is 20.8 Å². The standard InChI is InChI=1S/C25H24ClFN6O3/c1-25(2,3)28-24(35)22(20-5-4-14-36-20)33(19-12-8-17(26)9-13-19)21(34)15-32-30-23(29-31-32)16-6-10-18(27)11-7-16/h4-14,22H,15H2,1-3H3,(H,28,35)/t22-/m0/s1. The van der Waals surface area contributed by atoms with E-state index in [9.17, 15) is 14.0 Å². The van der Waals surface area contributed by atoms with Crippen molar-refractivity contribution >= 4 is 29.1 Å². The Hall–Kier alpha value is -4.05. The first kappa shape index (κ1) is 25.1. The van der Waals surface area contributed by atoms with E-state index in [2.05, 4.69) is 20.7 Å². The smallest absolute Gasteiger partial charge is 0.251 e. The highest BCUT2D eigenvalue weighted by atomic mass is 35.5. The Morgan fingerprint density at radius 3 is 2.42 bits per heavy atom. The molecule has 0 aliphatic rings. The molecule has 0 fully saturated rings. The third-order valence-corrected chi connectivity index (χ3v) is 5.27. The molecule has 0 saturated carbocycles. The van der Waals surface area contributed by atoms with Gasteiger partial charge in [-0.2, -0.15) is 4.80 Å². The SMILES string of the molecule is CC(C)(C)NC(=O)[C@H](c1ccco1)N(C(=O)Cn1nnc(-c2ccc(F)cc2)n1)c1ccc(Cl)cc1. The van der Waals surface area contributed by atoms with Gasteiger partial charge in [0.15, 0.2) is 6.04 Å². The molecule has 2 aromatic heterocycles. The largest absolute Gasteiger partial charge is 0.467 e. The van der Waals surface area contributed by atoms with Crippen LogP contribution in [0.2, 0.25) is 5.02 Å². The first-order valence-electron chi connectivity index (χ1n) is 11.1. The van der Waals surface area contributed by atoms with Crippen LogP contribution in [0.25, 0.3) is 11.4 Å². The number of benzene rings is 2. The van der Waals surface area contributed by atoms with Gasteiger partial charge < -0.3 is 9.73 Å². The van der Waals surface area contributed by atoms with E-state index in [-0.39, 0.29) is 18.1 Å². The number of carbonyl (C=O) groups is 2. The van der Waals surface area contributed by atoms with Crippen molar-refractivity contribution in [2.24, 2.45) is 0 Å². The number of tetrazole rings is 1. The first-order valence-corrected chi connectivity index (χ1v) is 11.5. The Balaban J connectivity index is 1.69. The van der Waals surface area contributed by atoms with Gasteiger partial charge in [0, 0.05) is 21.8 Å². The van der Waals surface area contributed by atoms with E-state index < -0.39 is 29.2 Å². The average Bonchev–Trinajstić information content (AvgIpc) is 3.50. The molecule has 4 aromatic rings. The zero-order valence-corrected chi connectivity index (χ0v) is 20.6. The molecule has 2 heterocycles. The van der Waals surface area contributed by atoms with Gasteiger partial charge in [-0.15, -0.1) is 10.2 Å². The van der Waals surface area contributed by atoms with Crippen LogP contribution in [0.3, 0.4) is 0 Å². The highest BCUT2D eigenvalue weighted by molar-refractivity contribution is 6.30. The van der Waals surface area contributed by atoms with Crippen LogP contribution >= 0.6 is 11.6 Å². The van der Waals surface area contributed by atoms with Crippen LogP contribution in [0.5, 0.6) is 0 Å². The minimum absolute atomic E-state index is 0.230. The highest BCUT2D eigenvalue weighted by Gasteiger charge is 2.36. The number of amides is 2. The molecule has 0 aliphatic carbocycles. The summed E-state index contributed by atoms with van der Waals surface area (Å²) in [5.41, 5.74) is 0.408. The van der Waals surface area contributed by atoms with Crippen molar-refractivity contribution in [3.63, 3.8) is 0 Å². The van der Waals surface area contributed by atoms with Crippen molar-refractivity contribution in [2.75, 3.05) is 4.90 Å². The first-order chi connectivity index (χ1) is 17.1. The van der Waals surface area contributed by atoms with Crippen LogP contribution in [-0.2, 0) is 16.1 Å². The topological polar surface area (TPSA) is 106 Å². The number of hydrogen-bond donors (Lipinski definition) is 1. The number of halogens is 2. The lowest BCUT2D eigenvalue weighted by atomic mass is 10.1. The molecule has 1 N–H and O–H groups in total. The summed E-state index contributed by atoms with van der Waals surface area (Å²) in [6, 6.07) is 14.3. The van der Waals surface area contributed by atoms with Crippen LogP contribution in [0.4, 0.5) is 10.1 Å². The fourth-order valence-electron chi connectivity index (χ4n) is 3.52. The molecule has 2 amide bonds. The van der Waals surface area contributed by atoms with Crippen LogP contribution < -0.4 is 10.2 Å². The van der Waals surface area contributed by atoms with E-state index in [0.29, 0.717) is 16.3 Å². The third kappa shape index (κ3) is 5.95. The Labute approximate surface area is 211 Å². The maximum absolute atomic E-state index is 13.7. The summed E-state index contributed by atoms with van der Waals surface area (Å²) in [7, 11) is 0. The number of hydrogen-bond acceptors (Lipinski definition) is 6. The van der Waals surface area contributed by atoms with E-state index in [0.717, 1.165) is 4.80 Å². The summed E-state index contributed by atoms with van der Waals surface area (Å²) in [6.45, 7) is 5.20. The van der Waals surface area contributed by atoms with Crippen molar-refractivity contribution in [1.82, 2.24) is 25.5 Å². The molecule has 4 rings (SSSR count). The van der Waals surface area contributed by atoms with Gasteiger partial charge in [0.1, 0.15) is 18.1 Å². The molecule has 0 unspecified atom stereocenters. The fourth-order valence-corrected chi connectivity index (χ4v) is 3.65. The predicted octanol–water partition coefficient (Wildman–Crippen LogP) is 4.41. The lowest BCUT2D eigenvalue weighted by molar-refractivity contribution is -0.128. The molecule has 186 valence electrons. The zero-order valence-electron chi connectivity index (χ0n) is 19.9. The van der Waals surface area contributed by atoms with Crippen molar-refractivity contribution < 1.29 is 18.4 Å². The summed E-state index contributed by atoms with van der Waals surface area (Å²) < 4.78 is 18.8. The molecule has 0 spiro atoms.